The van der Waals surface area contributed by atoms with E-state index in [-0.39, 0.29) is 35.3 Å². The van der Waals surface area contributed by atoms with E-state index in [1.165, 1.54) is 4.90 Å². The SMILES string of the molecule is COc1ccc(N2C(=O)CC(NC[c-]3[cH-][cH-][cH-][cH-]3)C2=O)cc1.[Fe].c1cc[cH-]c1. The van der Waals surface area contributed by atoms with Gasteiger partial charge in [0, 0.05) is 17.1 Å². The summed E-state index contributed by atoms with van der Waals surface area (Å²) in [6.07, 6.45) is 0.186. The van der Waals surface area contributed by atoms with Crippen molar-refractivity contribution in [3.63, 3.8) is 0 Å². The summed E-state index contributed by atoms with van der Waals surface area (Å²) in [5.41, 5.74) is 1.68. The van der Waals surface area contributed by atoms with E-state index in [1.807, 2.05) is 54.6 Å². The molecule has 0 saturated carbocycles. The van der Waals surface area contributed by atoms with E-state index in [0.717, 1.165) is 5.56 Å². The fraction of sp³-hybridized carbons (Fsp3) is 0.182. The summed E-state index contributed by atoms with van der Waals surface area (Å²) >= 11 is 0. The Labute approximate surface area is 175 Å². The number of ether oxygens (including phenoxy) is 1. The van der Waals surface area contributed by atoms with Gasteiger partial charge in [0.2, 0.25) is 5.91 Å². The largest absolute Gasteiger partial charge is 0.748 e. The van der Waals surface area contributed by atoms with Crippen molar-refractivity contribution in [3.05, 3.63) is 84.4 Å². The van der Waals surface area contributed by atoms with E-state index in [2.05, 4.69) is 5.32 Å². The molecule has 1 atom stereocenters. The van der Waals surface area contributed by atoms with Crippen molar-refractivity contribution in [1.29, 1.82) is 0 Å². The van der Waals surface area contributed by atoms with Crippen molar-refractivity contribution in [2.24, 2.45) is 0 Å². The van der Waals surface area contributed by atoms with Gasteiger partial charge in [-0.2, -0.15) is 24.7 Å². The van der Waals surface area contributed by atoms with Crippen LogP contribution in [0.2, 0.25) is 0 Å². The van der Waals surface area contributed by atoms with Crippen molar-refractivity contribution >= 4 is 17.5 Å². The van der Waals surface area contributed by atoms with Gasteiger partial charge in [0.05, 0.1) is 25.3 Å². The maximum Gasteiger partial charge on any atom is 0.251 e. The minimum absolute atomic E-state index is 0. The van der Waals surface area contributed by atoms with Crippen molar-refractivity contribution in [2.45, 2.75) is 19.0 Å². The minimum atomic E-state index is -0.468. The molecule has 1 saturated heterocycles. The van der Waals surface area contributed by atoms with Crippen LogP contribution in [0.25, 0.3) is 0 Å². The molecule has 0 aliphatic carbocycles. The maximum absolute atomic E-state index is 12.4. The Morgan fingerprint density at radius 2 is 1.79 bits per heavy atom. The van der Waals surface area contributed by atoms with Gasteiger partial charge in [0.15, 0.2) is 0 Å². The van der Waals surface area contributed by atoms with E-state index in [0.29, 0.717) is 18.0 Å². The molecule has 4 rings (SSSR count). The topological polar surface area (TPSA) is 58.6 Å². The maximum atomic E-state index is 12.4. The molecule has 3 aromatic carbocycles. The Balaban J connectivity index is 0.000000408. The van der Waals surface area contributed by atoms with Crippen LogP contribution >= 0.6 is 0 Å². The number of nitrogens with one attached hydrogen (secondary N) is 1. The number of carbonyl (C=O) groups is 2. The predicted molar refractivity (Wildman–Crippen MR) is 105 cm³/mol. The van der Waals surface area contributed by atoms with Crippen LogP contribution in [0.5, 0.6) is 5.75 Å². The Morgan fingerprint density at radius 3 is 2.32 bits per heavy atom. The van der Waals surface area contributed by atoms with Gasteiger partial charge in [-0.3, -0.25) is 9.59 Å². The fourth-order valence-corrected chi connectivity index (χ4v) is 2.89. The van der Waals surface area contributed by atoms with Crippen molar-refractivity contribution in [1.82, 2.24) is 5.32 Å². The molecule has 28 heavy (non-hydrogen) atoms. The first kappa shape index (κ1) is 21.6. The summed E-state index contributed by atoms with van der Waals surface area (Å²) in [6.45, 7) is 0.577. The molecule has 1 aliphatic heterocycles. The first-order chi connectivity index (χ1) is 13.2. The van der Waals surface area contributed by atoms with Crippen LogP contribution in [0.1, 0.15) is 12.0 Å². The summed E-state index contributed by atoms with van der Waals surface area (Å²) in [5.74, 6) is 0.297. The Kier molecular flexibility index (Phi) is 8.20. The molecule has 1 unspecified atom stereocenters. The number of nitrogens with zero attached hydrogens (tertiary/aromatic N) is 1. The second-order valence-corrected chi connectivity index (χ2v) is 6.16. The van der Waals surface area contributed by atoms with Gasteiger partial charge in [-0.25, -0.2) is 17.0 Å². The third kappa shape index (κ3) is 5.42. The molecule has 3 aromatic rings. The van der Waals surface area contributed by atoms with Crippen LogP contribution in [0, 0.1) is 0 Å². The molecule has 1 N–H and O–H groups in total. The number of imide groups is 1. The number of hydrogen-bond donors (Lipinski definition) is 1. The van der Waals surface area contributed by atoms with Gasteiger partial charge in [-0.1, -0.05) is 0 Å². The molecule has 1 fully saturated rings. The van der Waals surface area contributed by atoms with E-state index in [9.17, 15) is 9.59 Å². The molecule has 1 heterocycles. The molecular weight excluding hydrogens is 396 g/mol. The van der Waals surface area contributed by atoms with Crippen LogP contribution in [-0.4, -0.2) is 25.0 Å². The zero-order chi connectivity index (χ0) is 19.1. The average Bonchev–Trinajstić information content (AvgIpc) is 3.45. The summed E-state index contributed by atoms with van der Waals surface area (Å²) in [5, 5.41) is 3.15. The van der Waals surface area contributed by atoms with Gasteiger partial charge in [0.25, 0.3) is 5.91 Å². The second-order valence-electron chi connectivity index (χ2n) is 6.16. The first-order valence-corrected chi connectivity index (χ1v) is 8.80. The Hall–Kier alpha value is -2.66. The van der Waals surface area contributed by atoms with Crippen molar-refractivity contribution < 1.29 is 31.4 Å². The zero-order valence-corrected chi connectivity index (χ0v) is 16.6. The van der Waals surface area contributed by atoms with E-state index >= 15 is 0 Å². The summed E-state index contributed by atoms with van der Waals surface area (Å²) in [7, 11) is 1.57. The fourth-order valence-electron chi connectivity index (χ4n) is 2.89. The van der Waals surface area contributed by atoms with Gasteiger partial charge < -0.3 is 39.9 Å². The molecule has 0 aromatic heterocycles. The summed E-state index contributed by atoms with van der Waals surface area (Å²) in [6, 6.07) is 24.3. The number of rotatable bonds is 5. The third-order valence-corrected chi connectivity index (χ3v) is 4.32. The number of benzene rings is 1. The number of anilines is 1. The molecule has 0 spiro atoms. The quantitative estimate of drug-likeness (QED) is 0.393. The monoisotopic (exact) mass is 418 g/mol. The van der Waals surface area contributed by atoms with Crippen molar-refractivity contribution in [2.75, 3.05) is 12.0 Å². The van der Waals surface area contributed by atoms with Crippen LogP contribution < -0.4 is 15.0 Å². The average molecular weight is 418 g/mol. The summed E-state index contributed by atoms with van der Waals surface area (Å²) in [4.78, 5) is 25.8. The number of carbonyl (C=O) groups excluding carboxylic acids is 2. The molecule has 152 valence electrons. The van der Waals surface area contributed by atoms with E-state index < -0.39 is 6.04 Å². The predicted octanol–water partition coefficient (Wildman–Crippen LogP) is 3.24. The smallest absolute Gasteiger partial charge is 0.251 e. The van der Waals surface area contributed by atoms with E-state index in [1.54, 1.807) is 31.4 Å². The van der Waals surface area contributed by atoms with Crippen molar-refractivity contribution in [3.8, 4) is 5.75 Å². The Bertz CT molecular complexity index is 825. The summed E-state index contributed by atoms with van der Waals surface area (Å²) < 4.78 is 5.09. The van der Waals surface area contributed by atoms with Crippen LogP contribution in [0.3, 0.4) is 0 Å². The van der Waals surface area contributed by atoms with Crippen LogP contribution in [0.4, 0.5) is 5.69 Å². The normalized spacial score (nSPS) is 15.6. The second kappa shape index (κ2) is 10.6. The van der Waals surface area contributed by atoms with Crippen LogP contribution in [0.15, 0.2) is 78.9 Å². The molecule has 2 amide bonds. The van der Waals surface area contributed by atoms with Gasteiger partial charge in [-0.05, 0) is 24.3 Å². The number of amides is 2. The first-order valence-electron chi connectivity index (χ1n) is 8.80. The van der Waals surface area contributed by atoms with Crippen LogP contribution in [-0.2, 0) is 33.2 Å². The molecular formula is C22H22FeN2O3-6. The Morgan fingerprint density at radius 1 is 1.14 bits per heavy atom. The molecule has 0 bridgehead atoms. The molecule has 6 heteroatoms. The van der Waals surface area contributed by atoms with E-state index in [4.69, 9.17) is 4.74 Å². The van der Waals surface area contributed by atoms with Gasteiger partial charge >= 0.3 is 0 Å². The zero-order valence-electron chi connectivity index (χ0n) is 15.5. The van der Waals surface area contributed by atoms with Gasteiger partial charge in [-0.15, -0.1) is 0 Å². The standard InChI is InChI=1S/C17H17N2O3.C5H5.Fe/c1-22-14-8-6-13(7-9-14)19-16(20)10-15(17(19)21)18-11-12-4-2-3-5-12;1-2-4-5-3-1;/h2-9,15,18H,10-11H2,1H3;1-5H;/q-5;-1;. The molecule has 1 aliphatic rings. The minimum Gasteiger partial charge on any atom is -0.748 e. The third-order valence-electron chi connectivity index (χ3n) is 4.32. The molecule has 0 radical (unpaired) electrons. The van der Waals surface area contributed by atoms with Gasteiger partial charge in [0.1, 0.15) is 5.75 Å². The number of methoxy groups -OCH3 is 1. The number of hydrogen-bond acceptors (Lipinski definition) is 4. The molecule has 5 nitrogen and oxygen atoms in total.